The van der Waals surface area contributed by atoms with E-state index in [0.717, 1.165) is 11.7 Å². The Kier molecular flexibility index (Phi) is 3.16. The zero-order valence-electron chi connectivity index (χ0n) is 6.17. The molecule has 0 unspecified atom stereocenters. The molecule has 1 aromatic heterocycles. The molecule has 7 heteroatoms. The standard InChI is InChI=1S/C5H6ClF2N3S/c1-11(2-3(7)8)5-4(6)9-12-10-5/h3H,2H2,1H3. The summed E-state index contributed by atoms with van der Waals surface area (Å²) in [7, 11) is 1.49. The highest BCUT2D eigenvalue weighted by Crippen LogP contribution is 2.21. The smallest absolute Gasteiger partial charge is 0.255 e. The summed E-state index contributed by atoms with van der Waals surface area (Å²) in [5, 5.41) is 0.170. The molecule has 68 valence electrons. The van der Waals surface area contributed by atoms with E-state index in [1.807, 2.05) is 0 Å². The lowest BCUT2D eigenvalue weighted by atomic mass is 10.5. The van der Waals surface area contributed by atoms with Crippen LogP contribution in [0, 0.1) is 0 Å². The van der Waals surface area contributed by atoms with Gasteiger partial charge >= 0.3 is 0 Å². The van der Waals surface area contributed by atoms with Gasteiger partial charge in [-0.25, -0.2) is 8.78 Å². The second-order valence-electron chi connectivity index (χ2n) is 2.15. The summed E-state index contributed by atoms with van der Waals surface area (Å²) in [5.41, 5.74) is 0. The van der Waals surface area contributed by atoms with Crippen LogP contribution in [0.3, 0.4) is 0 Å². The van der Waals surface area contributed by atoms with Gasteiger partial charge in [-0.05, 0) is 0 Å². The fraction of sp³-hybridized carbons (Fsp3) is 0.600. The van der Waals surface area contributed by atoms with E-state index in [1.165, 1.54) is 11.9 Å². The summed E-state index contributed by atoms with van der Waals surface area (Å²) in [6.07, 6.45) is -2.40. The van der Waals surface area contributed by atoms with Crippen LogP contribution in [0.1, 0.15) is 0 Å². The first-order chi connectivity index (χ1) is 5.61. The van der Waals surface area contributed by atoms with Crippen molar-refractivity contribution in [2.24, 2.45) is 0 Å². The largest absolute Gasteiger partial charge is 0.350 e. The van der Waals surface area contributed by atoms with Gasteiger partial charge in [0.15, 0.2) is 11.0 Å². The molecule has 0 radical (unpaired) electrons. The van der Waals surface area contributed by atoms with E-state index in [-0.39, 0.29) is 11.7 Å². The molecule has 0 saturated heterocycles. The van der Waals surface area contributed by atoms with Crippen molar-refractivity contribution in [3.05, 3.63) is 5.15 Å². The monoisotopic (exact) mass is 213 g/mol. The molecule has 0 aliphatic heterocycles. The lowest BCUT2D eigenvalue weighted by Crippen LogP contribution is -2.24. The molecule has 0 bridgehead atoms. The summed E-state index contributed by atoms with van der Waals surface area (Å²) in [6.45, 7) is -0.384. The van der Waals surface area contributed by atoms with Gasteiger partial charge in [0.1, 0.15) is 0 Å². The maximum absolute atomic E-state index is 11.9. The molecular formula is C5H6ClF2N3S. The molecule has 0 aliphatic rings. The van der Waals surface area contributed by atoms with Gasteiger partial charge in [0, 0.05) is 7.05 Å². The fourth-order valence-corrected chi connectivity index (χ4v) is 1.52. The van der Waals surface area contributed by atoms with Crippen LogP contribution in [0.15, 0.2) is 0 Å². The Labute approximate surface area is 77.3 Å². The molecule has 0 amide bonds. The number of anilines is 1. The molecule has 3 nitrogen and oxygen atoms in total. The number of alkyl halides is 2. The van der Waals surface area contributed by atoms with Gasteiger partial charge in [-0.15, -0.1) is 0 Å². The molecule has 0 aliphatic carbocycles. The van der Waals surface area contributed by atoms with Crippen LogP contribution in [0.4, 0.5) is 14.6 Å². The SMILES string of the molecule is CN(CC(F)F)c1nsnc1Cl. The Morgan fingerprint density at radius 1 is 1.58 bits per heavy atom. The third-order valence-corrected chi connectivity index (χ3v) is 2.08. The zero-order valence-corrected chi connectivity index (χ0v) is 7.74. The predicted molar refractivity (Wildman–Crippen MR) is 44.2 cm³/mol. The number of hydrogen-bond acceptors (Lipinski definition) is 4. The molecule has 1 rings (SSSR count). The van der Waals surface area contributed by atoms with Crippen LogP contribution in [-0.4, -0.2) is 28.8 Å². The highest BCUT2D eigenvalue weighted by atomic mass is 35.5. The lowest BCUT2D eigenvalue weighted by molar-refractivity contribution is 0.156. The normalized spacial score (nSPS) is 10.8. The van der Waals surface area contributed by atoms with E-state index < -0.39 is 6.43 Å². The average Bonchev–Trinajstić information content (AvgIpc) is 2.33. The van der Waals surface area contributed by atoms with Crippen molar-refractivity contribution in [2.75, 3.05) is 18.5 Å². The lowest BCUT2D eigenvalue weighted by Gasteiger charge is -2.14. The number of rotatable bonds is 3. The molecule has 0 N–H and O–H groups in total. The maximum Gasteiger partial charge on any atom is 0.255 e. The molecule has 1 heterocycles. The molecule has 0 spiro atoms. The van der Waals surface area contributed by atoms with Crippen molar-refractivity contribution in [3.8, 4) is 0 Å². The third kappa shape index (κ3) is 2.25. The van der Waals surface area contributed by atoms with E-state index in [0.29, 0.717) is 5.82 Å². The van der Waals surface area contributed by atoms with E-state index in [1.54, 1.807) is 0 Å². The predicted octanol–water partition coefficient (Wildman–Crippen LogP) is 1.89. The van der Waals surface area contributed by atoms with Gasteiger partial charge in [-0.1, -0.05) is 11.6 Å². The van der Waals surface area contributed by atoms with E-state index in [2.05, 4.69) is 8.75 Å². The summed E-state index contributed by atoms with van der Waals surface area (Å²) in [4.78, 5) is 1.27. The van der Waals surface area contributed by atoms with Crippen LogP contribution >= 0.6 is 23.3 Å². The molecule has 0 aromatic carbocycles. The topological polar surface area (TPSA) is 29.0 Å². The Bertz CT molecular complexity index is 255. The molecule has 1 aromatic rings. The van der Waals surface area contributed by atoms with Gasteiger partial charge < -0.3 is 4.90 Å². The van der Waals surface area contributed by atoms with Crippen LogP contribution in [0.2, 0.25) is 5.15 Å². The zero-order chi connectivity index (χ0) is 9.14. The summed E-state index contributed by atoms with van der Waals surface area (Å²) in [5.74, 6) is 0.307. The molecule has 12 heavy (non-hydrogen) atoms. The van der Waals surface area contributed by atoms with Crippen LogP contribution in [-0.2, 0) is 0 Å². The average molecular weight is 214 g/mol. The van der Waals surface area contributed by atoms with Crippen molar-refractivity contribution in [1.29, 1.82) is 0 Å². The third-order valence-electron chi connectivity index (χ3n) is 1.21. The Hall–Kier alpha value is -0.490. The van der Waals surface area contributed by atoms with E-state index in [4.69, 9.17) is 11.6 Å². The number of nitrogens with zero attached hydrogens (tertiary/aromatic N) is 3. The van der Waals surface area contributed by atoms with Crippen molar-refractivity contribution in [2.45, 2.75) is 6.43 Å². The van der Waals surface area contributed by atoms with E-state index >= 15 is 0 Å². The Morgan fingerprint density at radius 3 is 2.67 bits per heavy atom. The van der Waals surface area contributed by atoms with Gasteiger partial charge in [0.2, 0.25) is 0 Å². The second kappa shape index (κ2) is 3.95. The van der Waals surface area contributed by atoms with Crippen molar-refractivity contribution in [3.63, 3.8) is 0 Å². The Morgan fingerprint density at radius 2 is 2.25 bits per heavy atom. The van der Waals surface area contributed by atoms with Gasteiger partial charge in [0.25, 0.3) is 6.43 Å². The number of halogens is 3. The quantitative estimate of drug-likeness (QED) is 0.768. The highest BCUT2D eigenvalue weighted by Gasteiger charge is 2.14. The molecule has 0 fully saturated rings. The van der Waals surface area contributed by atoms with E-state index in [9.17, 15) is 8.78 Å². The number of aromatic nitrogens is 2. The first-order valence-electron chi connectivity index (χ1n) is 3.08. The summed E-state index contributed by atoms with van der Waals surface area (Å²) in [6, 6.07) is 0. The van der Waals surface area contributed by atoms with Crippen LogP contribution < -0.4 is 4.90 Å². The molecule has 0 atom stereocenters. The van der Waals surface area contributed by atoms with Crippen molar-refractivity contribution in [1.82, 2.24) is 8.75 Å². The van der Waals surface area contributed by atoms with Crippen LogP contribution in [0.25, 0.3) is 0 Å². The van der Waals surface area contributed by atoms with Crippen LogP contribution in [0.5, 0.6) is 0 Å². The summed E-state index contributed by atoms with van der Waals surface area (Å²) >= 11 is 6.47. The summed E-state index contributed by atoms with van der Waals surface area (Å²) < 4.78 is 31.2. The first kappa shape index (κ1) is 9.60. The number of hydrogen-bond donors (Lipinski definition) is 0. The highest BCUT2D eigenvalue weighted by molar-refractivity contribution is 6.99. The maximum atomic E-state index is 11.9. The minimum atomic E-state index is -2.40. The minimum Gasteiger partial charge on any atom is -0.350 e. The molecule has 0 saturated carbocycles. The second-order valence-corrected chi connectivity index (χ2v) is 3.04. The van der Waals surface area contributed by atoms with Gasteiger partial charge in [0.05, 0.1) is 18.3 Å². The minimum absolute atomic E-state index is 0.170. The molecular weight excluding hydrogens is 208 g/mol. The van der Waals surface area contributed by atoms with Gasteiger partial charge in [-0.2, -0.15) is 8.75 Å². The Balaban J connectivity index is 2.65. The fourth-order valence-electron chi connectivity index (χ4n) is 0.694. The first-order valence-corrected chi connectivity index (χ1v) is 4.19. The van der Waals surface area contributed by atoms with Crippen molar-refractivity contribution >= 4 is 29.1 Å². The van der Waals surface area contributed by atoms with Crippen molar-refractivity contribution < 1.29 is 8.78 Å². The van der Waals surface area contributed by atoms with Gasteiger partial charge in [-0.3, -0.25) is 0 Å².